The summed E-state index contributed by atoms with van der Waals surface area (Å²) >= 11 is 0. The van der Waals surface area contributed by atoms with Crippen LogP contribution in [0.25, 0.3) is 11.1 Å². The second kappa shape index (κ2) is 19.5. The number of nitrogen functional groups attached to an aromatic ring is 4. The quantitative estimate of drug-likeness (QED) is 0.0427. The monoisotopic (exact) mass is 722 g/mol. The minimum absolute atomic E-state index is 0.0325. The van der Waals surface area contributed by atoms with Crippen LogP contribution in [0.4, 0.5) is 22.7 Å². The molecule has 0 saturated heterocycles. The highest BCUT2D eigenvalue weighted by atomic mass is 16.6. The van der Waals surface area contributed by atoms with Crippen molar-refractivity contribution in [3.05, 3.63) is 109 Å². The summed E-state index contributed by atoms with van der Waals surface area (Å²) in [5.41, 5.74) is 28.3. The molecule has 5 rings (SSSR count). The zero-order chi connectivity index (χ0) is 38.3. The van der Waals surface area contributed by atoms with Gasteiger partial charge >= 0.3 is 11.9 Å². The van der Waals surface area contributed by atoms with Gasteiger partial charge in [0.15, 0.2) is 0 Å². The van der Waals surface area contributed by atoms with Crippen LogP contribution < -0.4 is 37.1 Å². The molecule has 11 nitrogen and oxygen atoms in total. The third-order valence-electron chi connectivity index (χ3n) is 8.32. The maximum Gasteiger partial charge on any atom is 0.333 e. The van der Waals surface area contributed by atoms with Gasteiger partial charge in [-0.05, 0) is 99.4 Å². The average molecular weight is 723 g/mol. The van der Waals surface area contributed by atoms with Crippen LogP contribution in [0.15, 0.2) is 109 Å². The lowest BCUT2D eigenvalue weighted by atomic mass is 9.85. The van der Waals surface area contributed by atoms with Gasteiger partial charge in [0, 0.05) is 58.2 Å². The molecule has 0 bridgehead atoms. The van der Waals surface area contributed by atoms with Gasteiger partial charge in [0.2, 0.25) is 0 Å². The van der Waals surface area contributed by atoms with Gasteiger partial charge < -0.3 is 46.6 Å². The maximum absolute atomic E-state index is 11.5. The van der Waals surface area contributed by atoms with E-state index in [9.17, 15) is 9.59 Å². The molecule has 0 spiro atoms. The standard InChI is InChI=1S/C24H24N2O4.C18H26N2O3/c1-16(2)24(27)29-12-11-28-21-7-3-17(4-8-21)18-5-9-22(10-6-18)30-23-14-19(25)13-20(26)15-23;1-12(2)18(21)23-16-5-3-13(4-6-16)7-8-22-17-10-14(19)9-15(20)11-17/h3-10,13-15H,1,11-12,25-26H2,2H3;9-11,13,16H,1,3-8,19-20H2,2H3. The predicted molar refractivity (Wildman–Crippen MR) is 211 cm³/mol. The van der Waals surface area contributed by atoms with Crippen molar-refractivity contribution in [2.45, 2.75) is 52.1 Å². The van der Waals surface area contributed by atoms with E-state index in [-0.39, 0.29) is 25.3 Å². The van der Waals surface area contributed by atoms with E-state index in [2.05, 4.69) is 13.2 Å². The van der Waals surface area contributed by atoms with Crippen LogP contribution in [0, 0.1) is 5.92 Å². The third kappa shape index (κ3) is 13.5. The van der Waals surface area contributed by atoms with Crippen molar-refractivity contribution in [3.8, 4) is 34.1 Å². The van der Waals surface area contributed by atoms with Gasteiger partial charge in [0.1, 0.15) is 42.3 Å². The fourth-order valence-electron chi connectivity index (χ4n) is 5.58. The van der Waals surface area contributed by atoms with E-state index < -0.39 is 5.97 Å². The molecule has 0 unspecified atom stereocenters. The number of carbonyl (C=O) groups excluding carboxylic acids is 2. The Hall–Kier alpha value is -6.10. The zero-order valence-electron chi connectivity index (χ0n) is 30.5. The SMILES string of the molecule is C=C(C)C(=O)OC1CCC(CCOc2cc(N)cc(N)c2)CC1.C=C(C)C(=O)OCCOc1ccc(-c2ccc(Oc3cc(N)cc(N)c3)cc2)cc1. The van der Waals surface area contributed by atoms with E-state index in [0.717, 1.165) is 43.2 Å². The summed E-state index contributed by atoms with van der Waals surface area (Å²) in [6, 6.07) is 25.8. The number of rotatable bonds is 14. The molecule has 0 aliphatic heterocycles. The molecule has 0 amide bonds. The van der Waals surface area contributed by atoms with Crippen LogP contribution in [0.1, 0.15) is 46.0 Å². The maximum atomic E-state index is 11.5. The molecule has 8 N–H and O–H groups in total. The lowest BCUT2D eigenvalue weighted by Gasteiger charge is -2.28. The number of nitrogens with two attached hydrogens (primary N) is 4. The highest BCUT2D eigenvalue weighted by molar-refractivity contribution is 5.87. The van der Waals surface area contributed by atoms with Crippen LogP contribution in [-0.4, -0.2) is 37.9 Å². The first-order valence-electron chi connectivity index (χ1n) is 17.5. The number of hydrogen-bond donors (Lipinski definition) is 4. The molecule has 1 aliphatic carbocycles. The van der Waals surface area contributed by atoms with Crippen LogP contribution in [0.5, 0.6) is 23.0 Å². The highest BCUT2D eigenvalue weighted by Gasteiger charge is 2.24. The Bertz CT molecular complexity index is 1810. The molecule has 0 heterocycles. The molecule has 11 heteroatoms. The number of hydrogen-bond acceptors (Lipinski definition) is 11. The topological polar surface area (TPSA) is 184 Å². The molecule has 0 radical (unpaired) electrons. The van der Waals surface area contributed by atoms with Crippen LogP contribution in [-0.2, 0) is 19.1 Å². The van der Waals surface area contributed by atoms with Crippen molar-refractivity contribution < 1.29 is 33.3 Å². The molecule has 4 aromatic rings. The van der Waals surface area contributed by atoms with Gasteiger partial charge in [-0.25, -0.2) is 9.59 Å². The largest absolute Gasteiger partial charge is 0.493 e. The molecular formula is C42H50N4O7. The summed E-state index contributed by atoms with van der Waals surface area (Å²) in [6.07, 6.45) is 4.94. The number of benzene rings is 4. The van der Waals surface area contributed by atoms with Crippen molar-refractivity contribution in [2.75, 3.05) is 42.8 Å². The Kier molecular flexibility index (Phi) is 14.6. The zero-order valence-corrected chi connectivity index (χ0v) is 30.5. The lowest BCUT2D eigenvalue weighted by Crippen LogP contribution is -2.25. The normalized spacial score (nSPS) is 14.8. The molecule has 0 aromatic heterocycles. The van der Waals surface area contributed by atoms with Crippen molar-refractivity contribution in [2.24, 2.45) is 5.92 Å². The summed E-state index contributed by atoms with van der Waals surface area (Å²) in [6.45, 7) is 11.5. The Balaban J connectivity index is 0.000000245. The Labute approximate surface area is 311 Å². The Morgan fingerprint density at radius 3 is 1.57 bits per heavy atom. The summed E-state index contributed by atoms with van der Waals surface area (Å²) < 4.78 is 27.5. The number of ether oxygens (including phenoxy) is 5. The van der Waals surface area contributed by atoms with E-state index >= 15 is 0 Å². The first-order valence-corrected chi connectivity index (χ1v) is 17.5. The summed E-state index contributed by atoms with van der Waals surface area (Å²) in [7, 11) is 0. The second-order valence-corrected chi connectivity index (χ2v) is 13.1. The van der Waals surface area contributed by atoms with Gasteiger partial charge in [-0.3, -0.25) is 0 Å². The summed E-state index contributed by atoms with van der Waals surface area (Å²) in [5, 5.41) is 0. The summed E-state index contributed by atoms with van der Waals surface area (Å²) in [4.78, 5) is 22.8. The van der Waals surface area contributed by atoms with E-state index in [4.69, 9.17) is 46.6 Å². The number of carbonyl (C=O) groups is 2. The minimum atomic E-state index is -0.416. The molecule has 1 aliphatic rings. The third-order valence-corrected chi connectivity index (χ3v) is 8.32. The predicted octanol–water partition coefficient (Wildman–Crippen LogP) is 8.11. The van der Waals surface area contributed by atoms with E-state index in [1.807, 2.05) is 48.5 Å². The molecule has 4 aromatic carbocycles. The number of anilines is 4. The molecular weight excluding hydrogens is 672 g/mol. The number of esters is 2. The average Bonchev–Trinajstić information content (AvgIpc) is 3.11. The molecule has 1 fully saturated rings. The van der Waals surface area contributed by atoms with Crippen LogP contribution >= 0.6 is 0 Å². The van der Waals surface area contributed by atoms with E-state index in [1.165, 1.54) is 0 Å². The highest BCUT2D eigenvalue weighted by Crippen LogP contribution is 2.31. The first-order chi connectivity index (χ1) is 25.3. The molecule has 1 saturated carbocycles. The van der Waals surface area contributed by atoms with E-state index in [1.54, 1.807) is 50.2 Å². The van der Waals surface area contributed by atoms with Gasteiger partial charge in [-0.2, -0.15) is 0 Å². The Morgan fingerprint density at radius 1 is 0.585 bits per heavy atom. The van der Waals surface area contributed by atoms with Gasteiger partial charge in [0.25, 0.3) is 0 Å². The van der Waals surface area contributed by atoms with Gasteiger partial charge in [0.05, 0.1) is 6.61 Å². The van der Waals surface area contributed by atoms with Crippen molar-refractivity contribution in [3.63, 3.8) is 0 Å². The van der Waals surface area contributed by atoms with Crippen LogP contribution in [0.2, 0.25) is 0 Å². The van der Waals surface area contributed by atoms with Crippen molar-refractivity contribution in [1.29, 1.82) is 0 Å². The fraction of sp³-hybridized carbons (Fsp3) is 0.286. The smallest absolute Gasteiger partial charge is 0.333 e. The Morgan fingerprint density at radius 2 is 1.06 bits per heavy atom. The van der Waals surface area contributed by atoms with Gasteiger partial charge in [-0.15, -0.1) is 0 Å². The molecule has 0 atom stereocenters. The second-order valence-electron chi connectivity index (χ2n) is 13.1. The fourth-order valence-corrected chi connectivity index (χ4v) is 5.58. The van der Waals surface area contributed by atoms with Gasteiger partial charge in [-0.1, -0.05) is 37.4 Å². The van der Waals surface area contributed by atoms with Crippen molar-refractivity contribution in [1.82, 2.24) is 0 Å². The van der Waals surface area contributed by atoms with E-state index in [0.29, 0.717) is 69.4 Å². The summed E-state index contributed by atoms with van der Waals surface area (Å²) in [5.74, 6) is 2.60. The van der Waals surface area contributed by atoms with Crippen molar-refractivity contribution >= 4 is 34.7 Å². The minimum Gasteiger partial charge on any atom is -0.493 e. The molecule has 280 valence electrons. The lowest BCUT2D eigenvalue weighted by molar-refractivity contribution is -0.146. The first kappa shape index (κ1) is 39.7. The van der Waals surface area contributed by atoms with Crippen LogP contribution in [0.3, 0.4) is 0 Å². The molecule has 53 heavy (non-hydrogen) atoms.